The molecule has 1 aliphatic heterocycles. The molecule has 1 heterocycles. The van der Waals surface area contributed by atoms with E-state index in [0.717, 1.165) is 28.1 Å². The normalized spacial score (nSPS) is 15.6. The summed E-state index contributed by atoms with van der Waals surface area (Å²) in [4.78, 5) is 28.1. The Morgan fingerprint density at radius 3 is 2.08 bits per heavy atom. The van der Waals surface area contributed by atoms with Crippen LogP contribution in [0.15, 0.2) is 53.7 Å². The zero-order valence-electron chi connectivity index (χ0n) is 24.3. The van der Waals surface area contributed by atoms with Gasteiger partial charge in [0.05, 0.1) is 18.2 Å². The van der Waals surface area contributed by atoms with E-state index in [1.54, 1.807) is 0 Å². The van der Waals surface area contributed by atoms with Crippen molar-refractivity contribution in [1.82, 2.24) is 10.2 Å². The number of thiocarbonyl (C=S) groups is 1. The third-order valence-electron chi connectivity index (χ3n) is 6.79. The van der Waals surface area contributed by atoms with Gasteiger partial charge in [-0.1, -0.05) is 71.9 Å². The predicted octanol–water partition coefficient (Wildman–Crippen LogP) is 7.30. The SMILES string of the molecule is CCN1C(=S)NC(c2ccc(NC(=O)Nc3c(C(C)C)cccc3C(C)C)cc2)C(C(=O)OCC(C)C)=C1C. The number of hydrogen-bond donors (Lipinski definition) is 3. The molecule has 0 bridgehead atoms. The molecule has 3 rings (SSSR count). The molecule has 0 radical (unpaired) electrons. The number of para-hydroxylation sites is 1. The van der Waals surface area contributed by atoms with Crippen molar-refractivity contribution in [3.63, 3.8) is 0 Å². The zero-order chi connectivity index (χ0) is 28.9. The number of esters is 1. The minimum atomic E-state index is -0.450. The van der Waals surface area contributed by atoms with E-state index in [1.165, 1.54) is 0 Å². The van der Waals surface area contributed by atoms with Crippen molar-refractivity contribution < 1.29 is 14.3 Å². The Balaban J connectivity index is 1.83. The average molecular weight is 551 g/mol. The van der Waals surface area contributed by atoms with Gasteiger partial charge in [0.15, 0.2) is 5.11 Å². The zero-order valence-corrected chi connectivity index (χ0v) is 25.2. The van der Waals surface area contributed by atoms with E-state index in [2.05, 4.69) is 55.8 Å². The van der Waals surface area contributed by atoms with Crippen LogP contribution in [0.2, 0.25) is 0 Å². The van der Waals surface area contributed by atoms with E-state index in [4.69, 9.17) is 17.0 Å². The molecule has 0 saturated carbocycles. The van der Waals surface area contributed by atoms with E-state index >= 15 is 0 Å². The second-order valence-electron chi connectivity index (χ2n) is 10.9. The molecule has 1 atom stereocenters. The quantitative estimate of drug-likeness (QED) is 0.224. The molecule has 39 heavy (non-hydrogen) atoms. The third kappa shape index (κ3) is 7.18. The monoisotopic (exact) mass is 550 g/mol. The summed E-state index contributed by atoms with van der Waals surface area (Å²) in [6.07, 6.45) is 0. The van der Waals surface area contributed by atoms with Crippen molar-refractivity contribution in [2.45, 2.75) is 73.3 Å². The van der Waals surface area contributed by atoms with Crippen molar-refractivity contribution >= 4 is 40.7 Å². The van der Waals surface area contributed by atoms with Gasteiger partial charge in [-0.3, -0.25) is 0 Å². The number of amides is 2. The molecule has 0 saturated heterocycles. The van der Waals surface area contributed by atoms with Gasteiger partial charge < -0.3 is 25.6 Å². The van der Waals surface area contributed by atoms with Crippen molar-refractivity contribution in [3.8, 4) is 0 Å². The summed E-state index contributed by atoms with van der Waals surface area (Å²) in [6, 6.07) is 12.8. The molecule has 2 aromatic rings. The third-order valence-corrected chi connectivity index (χ3v) is 7.13. The number of allylic oxidation sites excluding steroid dienone is 1. The molecule has 2 amide bonds. The lowest BCUT2D eigenvalue weighted by Crippen LogP contribution is -2.47. The van der Waals surface area contributed by atoms with Crippen LogP contribution < -0.4 is 16.0 Å². The number of anilines is 2. The maximum absolute atomic E-state index is 13.1. The summed E-state index contributed by atoms with van der Waals surface area (Å²) in [7, 11) is 0. The van der Waals surface area contributed by atoms with Gasteiger partial charge in [-0.2, -0.15) is 0 Å². The highest BCUT2D eigenvalue weighted by molar-refractivity contribution is 7.80. The van der Waals surface area contributed by atoms with Gasteiger partial charge in [0.25, 0.3) is 0 Å². The van der Waals surface area contributed by atoms with Crippen LogP contribution in [-0.2, 0) is 9.53 Å². The number of carbonyl (C=O) groups is 2. The smallest absolute Gasteiger partial charge is 0.338 e. The lowest BCUT2D eigenvalue weighted by molar-refractivity contribution is -0.140. The fourth-order valence-electron chi connectivity index (χ4n) is 4.73. The molecule has 3 N–H and O–H groups in total. The van der Waals surface area contributed by atoms with Crippen LogP contribution in [0.4, 0.5) is 16.2 Å². The molecule has 1 aliphatic rings. The second-order valence-corrected chi connectivity index (χ2v) is 11.3. The second kappa shape index (κ2) is 13.1. The molecular formula is C31H42N4O3S. The Morgan fingerprint density at radius 1 is 0.974 bits per heavy atom. The lowest BCUT2D eigenvalue weighted by atomic mass is 9.93. The van der Waals surface area contributed by atoms with Crippen LogP contribution in [0.3, 0.4) is 0 Å². The molecule has 0 aliphatic carbocycles. The first-order valence-electron chi connectivity index (χ1n) is 13.7. The van der Waals surface area contributed by atoms with Crippen LogP contribution in [0.25, 0.3) is 0 Å². The highest BCUT2D eigenvalue weighted by Crippen LogP contribution is 2.34. The highest BCUT2D eigenvalue weighted by Gasteiger charge is 2.34. The Hall–Kier alpha value is -3.39. The number of benzene rings is 2. The molecule has 7 nitrogen and oxygen atoms in total. The number of ether oxygens (including phenoxy) is 1. The Labute approximate surface area is 238 Å². The maximum atomic E-state index is 13.1. The minimum absolute atomic E-state index is 0.230. The van der Waals surface area contributed by atoms with Gasteiger partial charge in [-0.15, -0.1) is 0 Å². The van der Waals surface area contributed by atoms with Crippen LogP contribution in [-0.4, -0.2) is 35.2 Å². The van der Waals surface area contributed by atoms with E-state index < -0.39 is 6.04 Å². The molecule has 0 spiro atoms. The number of urea groups is 1. The van der Waals surface area contributed by atoms with Gasteiger partial charge in [-0.25, -0.2) is 9.59 Å². The average Bonchev–Trinajstić information content (AvgIpc) is 2.87. The Kier molecular flexibility index (Phi) is 10.1. The number of nitrogens with one attached hydrogen (secondary N) is 3. The topological polar surface area (TPSA) is 82.7 Å². The fraction of sp³-hybridized carbons (Fsp3) is 0.452. The maximum Gasteiger partial charge on any atom is 0.338 e. The number of nitrogens with zero attached hydrogens (tertiary/aromatic N) is 1. The largest absolute Gasteiger partial charge is 0.462 e. The first-order valence-corrected chi connectivity index (χ1v) is 14.1. The van der Waals surface area contributed by atoms with Gasteiger partial charge in [0.2, 0.25) is 0 Å². The van der Waals surface area contributed by atoms with Gasteiger partial charge >= 0.3 is 12.0 Å². The minimum Gasteiger partial charge on any atom is -0.462 e. The molecule has 0 aromatic heterocycles. The molecular weight excluding hydrogens is 508 g/mol. The molecule has 0 fully saturated rings. The van der Waals surface area contributed by atoms with Gasteiger partial charge in [0.1, 0.15) is 0 Å². The van der Waals surface area contributed by atoms with Crippen molar-refractivity contribution in [2.24, 2.45) is 5.92 Å². The first kappa shape index (κ1) is 30.2. The summed E-state index contributed by atoms with van der Waals surface area (Å²) in [6.45, 7) is 17.4. The predicted molar refractivity (Wildman–Crippen MR) is 163 cm³/mol. The molecule has 8 heteroatoms. The summed E-state index contributed by atoms with van der Waals surface area (Å²) < 4.78 is 5.61. The summed E-state index contributed by atoms with van der Waals surface area (Å²) in [5, 5.41) is 9.90. The lowest BCUT2D eigenvalue weighted by Gasteiger charge is -2.37. The number of rotatable bonds is 9. The van der Waals surface area contributed by atoms with Crippen LogP contribution in [0, 0.1) is 5.92 Å². The first-order chi connectivity index (χ1) is 18.4. The molecule has 1 unspecified atom stereocenters. The van der Waals surface area contributed by atoms with Crippen molar-refractivity contribution in [1.29, 1.82) is 0 Å². The highest BCUT2D eigenvalue weighted by atomic mass is 32.1. The Bertz CT molecular complexity index is 1210. The van der Waals surface area contributed by atoms with E-state index in [1.807, 2.05) is 62.9 Å². The number of carbonyl (C=O) groups excluding carboxylic acids is 2. The van der Waals surface area contributed by atoms with Crippen LogP contribution in [0.5, 0.6) is 0 Å². The Morgan fingerprint density at radius 2 is 1.56 bits per heavy atom. The summed E-state index contributed by atoms with van der Waals surface area (Å²) >= 11 is 5.59. The molecule has 2 aromatic carbocycles. The van der Waals surface area contributed by atoms with Gasteiger partial charge in [-0.05, 0) is 72.6 Å². The van der Waals surface area contributed by atoms with Gasteiger partial charge in [0, 0.05) is 23.6 Å². The number of hydrogen-bond acceptors (Lipinski definition) is 4. The van der Waals surface area contributed by atoms with E-state index in [-0.39, 0.29) is 29.8 Å². The van der Waals surface area contributed by atoms with Crippen LogP contribution >= 0.6 is 12.2 Å². The summed E-state index contributed by atoms with van der Waals surface area (Å²) in [5.74, 6) is 0.419. The standard InChI is InChI=1S/C31H42N4O3S/c1-9-35-21(8)26(29(36)38-17-18(2)3)27(34-31(35)39)22-13-15-23(16-14-22)32-30(37)33-28-24(19(4)5)11-10-12-25(28)20(6)7/h10-16,18-20,27H,9,17H2,1-8H3,(H,34,39)(H2,32,33,37). The van der Waals surface area contributed by atoms with Crippen LogP contribution in [0.1, 0.15) is 90.0 Å². The summed E-state index contributed by atoms with van der Waals surface area (Å²) in [5.41, 5.74) is 5.88. The van der Waals surface area contributed by atoms with Crippen molar-refractivity contribution in [3.05, 3.63) is 70.4 Å². The fourth-order valence-corrected chi connectivity index (χ4v) is 5.11. The van der Waals surface area contributed by atoms with E-state index in [0.29, 0.717) is 29.5 Å². The van der Waals surface area contributed by atoms with E-state index in [9.17, 15) is 9.59 Å². The van der Waals surface area contributed by atoms with Crippen molar-refractivity contribution in [2.75, 3.05) is 23.8 Å². The molecule has 210 valence electrons.